The van der Waals surface area contributed by atoms with E-state index in [1.165, 1.54) is 0 Å². The molecule has 3 rings (SSSR count). The van der Waals surface area contributed by atoms with E-state index >= 15 is 0 Å². The van der Waals surface area contributed by atoms with Gasteiger partial charge in [0.25, 0.3) is 0 Å². The smallest absolute Gasteiger partial charge is 0.229 e. The van der Waals surface area contributed by atoms with Crippen LogP contribution in [-0.4, -0.2) is 17.1 Å². The molecule has 0 aliphatic carbocycles. The summed E-state index contributed by atoms with van der Waals surface area (Å²) in [5.41, 5.74) is 4.04. The van der Waals surface area contributed by atoms with Crippen LogP contribution in [0.15, 0.2) is 48.7 Å². The molecule has 0 amide bonds. The molecular weight excluding hydrogens is 348 g/mol. The summed E-state index contributed by atoms with van der Waals surface area (Å²) in [6.45, 7) is 4.62. The summed E-state index contributed by atoms with van der Waals surface area (Å²) in [6, 6.07) is 13.7. The SMILES string of the molecule is COc1ccccc1CNc1ccnc(Nc2c(C)cc(C)cc2Cl)n1. The van der Waals surface area contributed by atoms with E-state index in [0.29, 0.717) is 23.3 Å². The number of aromatic nitrogens is 2. The molecule has 26 heavy (non-hydrogen) atoms. The van der Waals surface area contributed by atoms with Gasteiger partial charge in [0.15, 0.2) is 0 Å². The largest absolute Gasteiger partial charge is 0.496 e. The minimum atomic E-state index is 0.490. The first-order valence-electron chi connectivity index (χ1n) is 8.29. The highest BCUT2D eigenvalue weighted by molar-refractivity contribution is 6.33. The van der Waals surface area contributed by atoms with Crippen LogP contribution in [0.25, 0.3) is 0 Å². The van der Waals surface area contributed by atoms with Gasteiger partial charge in [-0.3, -0.25) is 0 Å². The summed E-state index contributed by atoms with van der Waals surface area (Å²) in [7, 11) is 1.67. The van der Waals surface area contributed by atoms with E-state index in [0.717, 1.165) is 28.1 Å². The quantitative estimate of drug-likeness (QED) is 0.633. The molecule has 0 fully saturated rings. The molecule has 2 aromatic carbocycles. The lowest BCUT2D eigenvalue weighted by Crippen LogP contribution is -2.06. The average molecular weight is 369 g/mol. The summed E-state index contributed by atoms with van der Waals surface area (Å²) < 4.78 is 5.37. The van der Waals surface area contributed by atoms with E-state index in [4.69, 9.17) is 16.3 Å². The molecule has 0 saturated heterocycles. The number of aryl methyl sites for hydroxylation is 2. The first-order chi connectivity index (χ1) is 12.6. The molecule has 0 saturated carbocycles. The number of anilines is 3. The summed E-state index contributed by atoms with van der Waals surface area (Å²) in [4.78, 5) is 8.79. The van der Waals surface area contributed by atoms with Crippen molar-refractivity contribution in [3.63, 3.8) is 0 Å². The van der Waals surface area contributed by atoms with Crippen LogP contribution in [0, 0.1) is 13.8 Å². The molecule has 0 bridgehead atoms. The first-order valence-corrected chi connectivity index (χ1v) is 8.67. The monoisotopic (exact) mass is 368 g/mol. The predicted molar refractivity (Wildman–Crippen MR) is 107 cm³/mol. The number of rotatable bonds is 6. The lowest BCUT2D eigenvalue weighted by atomic mass is 10.1. The highest BCUT2D eigenvalue weighted by Crippen LogP contribution is 2.29. The van der Waals surface area contributed by atoms with E-state index in [9.17, 15) is 0 Å². The summed E-state index contributed by atoms with van der Waals surface area (Å²) in [5.74, 6) is 2.05. The second-order valence-electron chi connectivity index (χ2n) is 5.99. The number of ether oxygens (including phenoxy) is 1. The van der Waals surface area contributed by atoms with E-state index in [-0.39, 0.29) is 0 Å². The number of methoxy groups -OCH3 is 1. The topological polar surface area (TPSA) is 59.1 Å². The molecule has 134 valence electrons. The standard InChI is InChI=1S/C20H21ClN4O/c1-13-10-14(2)19(16(21)11-13)25-20-22-9-8-18(24-20)23-12-15-6-4-5-7-17(15)26-3/h4-11H,12H2,1-3H3,(H2,22,23,24,25). The number of nitrogens with one attached hydrogen (secondary N) is 2. The molecule has 5 nitrogen and oxygen atoms in total. The summed E-state index contributed by atoms with van der Waals surface area (Å²) >= 11 is 6.35. The molecule has 0 aliphatic rings. The van der Waals surface area contributed by atoms with Crippen LogP contribution in [-0.2, 0) is 6.54 Å². The van der Waals surface area contributed by atoms with Gasteiger partial charge in [-0.15, -0.1) is 0 Å². The van der Waals surface area contributed by atoms with Crippen LogP contribution in [0.1, 0.15) is 16.7 Å². The van der Waals surface area contributed by atoms with Gasteiger partial charge in [-0.25, -0.2) is 4.98 Å². The van der Waals surface area contributed by atoms with Crippen molar-refractivity contribution in [1.29, 1.82) is 0 Å². The lowest BCUT2D eigenvalue weighted by molar-refractivity contribution is 0.410. The lowest BCUT2D eigenvalue weighted by Gasteiger charge is -2.13. The van der Waals surface area contributed by atoms with Crippen LogP contribution in [0.5, 0.6) is 5.75 Å². The van der Waals surface area contributed by atoms with E-state index < -0.39 is 0 Å². The molecule has 3 aromatic rings. The number of hydrogen-bond donors (Lipinski definition) is 2. The highest BCUT2D eigenvalue weighted by atomic mass is 35.5. The van der Waals surface area contributed by atoms with Crippen LogP contribution in [0.2, 0.25) is 5.02 Å². The highest BCUT2D eigenvalue weighted by Gasteiger charge is 2.08. The average Bonchev–Trinajstić information content (AvgIpc) is 2.63. The number of para-hydroxylation sites is 1. The van der Waals surface area contributed by atoms with Gasteiger partial charge in [0, 0.05) is 18.3 Å². The zero-order chi connectivity index (χ0) is 18.5. The minimum absolute atomic E-state index is 0.490. The zero-order valence-electron chi connectivity index (χ0n) is 15.0. The zero-order valence-corrected chi connectivity index (χ0v) is 15.8. The third-order valence-corrected chi connectivity index (χ3v) is 4.27. The molecule has 0 unspecified atom stereocenters. The molecule has 2 N–H and O–H groups in total. The Morgan fingerprint density at radius 1 is 1.12 bits per heavy atom. The van der Waals surface area contributed by atoms with Crippen molar-refractivity contribution < 1.29 is 4.74 Å². The number of benzene rings is 2. The summed E-state index contributed by atoms with van der Waals surface area (Å²) in [5, 5.41) is 7.16. The molecule has 1 heterocycles. The molecule has 0 radical (unpaired) electrons. The molecule has 0 atom stereocenters. The number of hydrogen-bond acceptors (Lipinski definition) is 5. The van der Waals surface area contributed by atoms with Gasteiger partial charge in [-0.05, 0) is 43.2 Å². The maximum Gasteiger partial charge on any atom is 0.229 e. The van der Waals surface area contributed by atoms with E-state index in [2.05, 4.69) is 26.7 Å². The van der Waals surface area contributed by atoms with Gasteiger partial charge in [0.1, 0.15) is 11.6 Å². The van der Waals surface area contributed by atoms with Gasteiger partial charge >= 0.3 is 0 Å². The van der Waals surface area contributed by atoms with E-state index in [1.807, 2.05) is 50.2 Å². The molecule has 6 heteroatoms. The fourth-order valence-corrected chi connectivity index (χ4v) is 3.11. The Morgan fingerprint density at radius 2 is 1.92 bits per heavy atom. The molecule has 0 spiro atoms. The molecule has 1 aromatic heterocycles. The van der Waals surface area contributed by atoms with Crippen molar-refractivity contribution in [2.75, 3.05) is 17.7 Å². The van der Waals surface area contributed by atoms with Gasteiger partial charge in [-0.1, -0.05) is 35.9 Å². The van der Waals surface area contributed by atoms with Crippen LogP contribution in [0.3, 0.4) is 0 Å². The Morgan fingerprint density at radius 3 is 2.69 bits per heavy atom. The minimum Gasteiger partial charge on any atom is -0.496 e. The number of halogens is 1. The van der Waals surface area contributed by atoms with Gasteiger partial charge in [0.05, 0.1) is 17.8 Å². The Hall–Kier alpha value is -2.79. The molecular formula is C20H21ClN4O. The van der Waals surface area contributed by atoms with E-state index in [1.54, 1.807) is 13.3 Å². The Bertz CT molecular complexity index is 891. The third kappa shape index (κ3) is 4.24. The fraction of sp³-hybridized carbons (Fsp3) is 0.200. The maximum atomic E-state index is 6.35. The first kappa shape index (κ1) is 18.0. The Kier molecular flexibility index (Phi) is 5.58. The second kappa shape index (κ2) is 8.06. The van der Waals surface area contributed by atoms with Crippen molar-refractivity contribution in [3.05, 3.63) is 70.4 Å². The van der Waals surface area contributed by atoms with Crippen molar-refractivity contribution >= 4 is 29.1 Å². The van der Waals surface area contributed by atoms with Crippen molar-refractivity contribution in [2.45, 2.75) is 20.4 Å². The molecule has 0 aliphatic heterocycles. The van der Waals surface area contributed by atoms with Gasteiger partial charge in [0.2, 0.25) is 5.95 Å². The Labute approximate surface area is 158 Å². The summed E-state index contributed by atoms with van der Waals surface area (Å²) in [6.07, 6.45) is 1.71. The van der Waals surface area contributed by atoms with Crippen LogP contribution in [0.4, 0.5) is 17.5 Å². The second-order valence-corrected chi connectivity index (χ2v) is 6.40. The number of nitrogens with zero attached hydrogens (tertiary/aromatic N) is 2. The fourth-order valence-electron chi connectivity index (χ4n) is 2.74. The third-order valence-electron chi connectivity index (χ3n) is 3.98. The van der Waals surface area contributed by atoms with Gasteiger partial charge < -0.3 is 15.4 Å². The van der Waals surface area contributed by atoms with Gasteiger partial charge in [-0.2, -0.15) is 4.98 Å². The maximum absolute atomic E-state index is 6.35. The van der Waals surface area contributed by atoms with Crippen molar-refractivity contribution in [1.82, 2.24) is 9.97 Å². The van der Waals surface area contributed by atoms with Crippen LogP contribution >= 0.6 is 11.6 Å². The Balaban J connectivity index is 1.75. The predicted octanol–water partition coefficient (Wildman–Crippen LogP) is 5.11. The van der Waals surface area contributed by atoms with Crippen LogP contribution < -0.4 is 15.4 Å². The van der Waals surface area contributed by atoms with Crippen molar-refractivity contribution in [2.24, 2.45) is 0 Å². The van der Waals surface area contributed by atoms with Crippen molar-refractivity contribution in [3.8, 4) is 5.75 Å². The normalized spacial score (nSPS) is 10.5.